The van der Waals surface area contributed by atoms with Crippen molar-refractivity contribution in [2.24, 2.45) is 0 Å². The van der Waals surface area contributed by atoms with Crippen molar-refractivity contribution in [3.63, 3.8) is 0 Å². The molecular formula is C30H40N4O2. The Labute approximate surface area is 215 Å². The van der Waals surface area contributed by atoms with Crippen molar-refractivity contribution in [1.82, 2.24) is 19.8 Å². The van der Waals surface area contributed by atoms with Crippen LogP contribution in [0.1, 0.15) is 72.5 Å². The number of H-pyrrole nitrogens is 1. The van der Waals surface area contributed by atoms with Gasteiger partial charge in [0.1, 0.15) is 17.7 Å². The highest BCUT2D eigenvalue weighted by molar-refractivity contribution is 5.36. The van der Waals surface area contributed by atoms with Crippen molar-refractivity contribution >= 4 is 0 Å². The van der Waals surface area contributed by atoms with Gasteiger partial charge < -0.3 is 19.7 Å². The Kier molecular flexibility index (Phi) is 8.05. The minimum absolute atomic E-state index is 0.366. The molecular weight excluding hydrogens is 448 g/mol. The van der Waals surface area contributed by atoms with Gasteiger partial charge in [-0.2, -0.15) is 0 Å². The lowest BCUT2D eigenvalue weighted by Crippen LogP contribution is -2.47. The molecule has 2 N–H and O–H groups in total. The van der Waals surface area contributed by atoms with Crippen LogP contribution in [0, 0.1) is 0 Å². The number of methoxy groups -OCH3 is 1. The summed E-state index contributed by atoms with van der Waals surface area (Å²) in [6.45, 7) is 7.89. The van der Waals surface area contributed by atoms with Crippen molar-refractivity contribution < 1.29 is 9.84 Å². The molecule has 2 aromatic carbocycles. The van der Waals surface area contributed by atoms with E-state index in [1.165, 1.54) is 24.0 Å². The van der Waals surface area contributed by atoms with Crippen LogP contribution in [0.25, 0.3) is 0 Å². The smallest absolute Gasteiger partial charge is 0.118 e. The third-order valence-corrected chi connectivity index (χ3v) is 7.81. The fraction of sp³-hybridized carbons (Fsp3) is 0.500. The zero-order chi connectivity index (χ0) is 24.9. The lowest BCUT2D eigenvalue weighted by Gasteiger charge is -2.36. The van der Waals surface area contributed by atoms with Crippen LogP contribution < -0.4 is 4.74 Å². The highest BCUT2D eigenvalue weighted by Gasteiger charge is 2.30. The van der Waals surface area contributed by atoms with Crippen LogP contribution in [0.3, 0.4) is 0 Å². The number of ether oxygens (including phenoxy) is 1. The Morgan fingerprint density at radius 3 is 2.28 bits per heavy atom. The second-order valence-electron chi connectivity index (χ2n) is 10.3. The number of hydrogen-bond acceptors (Lipinski definition) is 5. The quantitative estimate of drug-likeness (QED) is 0.409. The number of β-amino-alcohol motifs (C(OH)–C–C–N with tert-alkyl or cyclic N) is 1. The van der Waals surface area contributed by atoms with Crippen molar-refractivity contribution in [2.45, 2.75) is 50.5 Å². The molecule has 6 nitrogen and oxygen atoms in total. The zero-order valence-corrected chi connectivity index (χ0v) is 21.7. The molecule has 1 saturated carbocycles. The van der Waals surface area contributed by atoms with Crippen LogP contribution in [-0.4, -0.2) is 71.3 Å². The van der Waals surface area contributed by atoms with Gasteiger partial charge >= 0.3 is 0 Å². The van der Waals surface area contributed by atoms with E-state index in [1.54, 1.807) is 7.11 Å². The Balaban J connectivity index is 1.15. The predicted molar refractivity (Wildman–Crippen MR) is 144 cm³/mol. The van der Waals surface area contributed by atoms with Crippen molar-refractivity contribution in [2.75, 3.05) is 46.4 Å². The molecule has 2 atom stereocenters. The highest BCUT2D eigenvalue weighted by Crippen LogP contribution is 2.39. The molecule has 1 aromatic heterocycles. The van der Waals surface area contributed by atoms with Crippen LogP contribution in [-0.2, 0) is 6.42 Å². The van der Waals surface area contributed by atoms with E-state index in [2.05, 4.69) is 76.3 Å². The number of nitrogens with zero attached hydrogens (tertiary/aromatic N) is 3. The molecule has 1 aliphatic heterocycles. The second-order valence-corrected chi connectivity index (χ2v) is 10.3. The number of aromatic amines is 1. The monoisotopic (exact) mass is 488 g/mol. The fourth-order valence-corrected chi connectivity index (χ4v) is 5.42. The van der Waals surface area contributed by atoms with Gasteiger partial charge in [0.15, 0.2) is 0 Å². The van der Waals surface area contributed by atoms with Gasteiger partial charge in [-0.1, -0.05) is 49.4 Å². The Bertz CT molecular complexity index is 1090. The first-order valence-electron chi connectivity index (χ1n) is 13.5. The van der Waals surface area contributed by atoms with Gasteiger partial charge in [-0.25, -0.2) is 4.98 Å². The largest absolute Gasteiger partial charge is 0.497 e. The van der Waals surface area contributed by atoms with Crippen LogP contribution in [0.5, 0.6) is 5.75 Å². The number of aliphatic hydroxyl groups is 1. The van der Waals surface area contributed by atoms with E-state index in [9.17, 15) is 5.11 Å². The van der Waals surface area contributed by atoms with E-state index >= 15 is 0 Å². The average Bonchev–Trinajstić information content (AvgIpc) is 3.69. The molecule has 1 aliphatic carbocycles. The van der Waals surface area contributed by atoms with Crippen LogP contribution in [0.15, 0.2) is 54.6 Å². The maximum atomic E-state index is 11.0. The van der Waals surface area contributed by atoms with E-state index < -0.39 is 6.10 Å². The SMILES string of the molecule is CCc1[nH]c(C2CC2)nc1C(O)CN1CCN(CCC(c2ccccc2)c2ccc(OC)cc2)CC1. The summed E-state index contributed by atoms with van der Waals surface area (Å²) in [6, 6.07) is 19.3. The number of aryl methyl sites for hydroxylation is 1. The first-order chi connectivity index (χ1) is 17.6. The molecule has 2 fully saturated rings. The van der Waals surface area contributed by atoms with E-state index in [0.29, 0.717) is 18.4 Å². The number of imidazole rings is 1. The minimum Gasteiger partial charge on any atom is -0.497 e. The summed E-state index contributed by atoms with van der Waals surface area (Å²) >= 11 is 0. The Hall–Kier alpha value is -2.67. The highest BCUT2D eigenvalue weighted by atomic mass is 16.5. The van der Waals surface area contributed by atoms with Crippen molar-refractivity contribution in [3.8, 4) is 5.75 Å². The third kappa shape index (κ3) is 6.00. The molecule has 6 heteroatoms. The number of aromatic nitrogens is 2. The molecule has 0 radical (unpaired) electrons. The summed E-state index contributed by atoms with van der Waals surface area (Å²) in [5.41, 5.74) is 4.67. The summed E-state index contributed by atoms with van der Waals surface area (Å²) < 4.78 is 5.37. The molecule has 0 amide bonds. The standard InChI is InChI=1S/C30H40N4O2/c1-3-27-29(32-30(31-27)24-9-10-24)28(35)21-34-19-17-33(18-20-34)16-15-26(22-7-5-4-6-8-22)23-11-13-25(36-2)14-12-23/h4-8,11-14,24,26,28,35H,3,9-10,15-21H2,1-2H3,(H,31,32). The summed E-state index contributed by atoms with van der Waals surface area (Å²) in [4.78, 5) is 13.2. The zero-order valence-electron chi connectivity index (χ0n) is 21.7. The number of benzene rings is 2. The maximum absolute atomic E-state index is 11.0. The number of rotatable bonds is 11. The van der Waals surface area contributed by atoms with Crippen LogP contribution in [0.2, 0.25) is 0 Å². The third-order valence-electron chi connectivity index (χ3n) is 7.81. The Morgan fingerprint density at radius 2 is 1.64 bits per heavy atom. The van der Waals surface area contributed by atoms with Crippen molar-refractivity contribution in [1.29, 1.82) is 0 Å². The first kappa shape index (κ1) is 25.0. The minimum atomic E-state index is -0.521. The van der Waals surface area contributed by atoms with E-state index in [-0.39, 0.29) is 0 Å². The summed E-state index contributed by atoms with van der Waals surface area (Å²) in [5.74, 6) is 2.92. The number of aliphatic hydroxyl groups excluding tert-OH is 1. The molecule has 2 unspecified atom stereocenters. The van der Waals surface area contributed by atoms with Gasteiger partial charge in [-0.3, -0.25) is 4.90 Å². The molecule has 3 aromatic rings. The fourth-order valence-electron chi connectivity index (χ4n) is 5.42. The normalized spacial score (nSPS) is 18.8. The van der Waals surface area contributed by atoms with Gasteiger partial charge in [-0.15, -0.1) is 0 Å². The van der Waals surface area contributed by atoms with Gasteiger partial charge in [0.05, 0.1) is 12.8 Å². The van der Waals surface area contributed by atoms with Gasteiger partial charge in [0.2, 0.25) is 0 Å². The van der Waals surface area contributed by atoms with Crippen molar-refractivity contribution in [3.05, 3.63) is 82.9 Å². The summed E-state index contributed by atoms with van der Waals surface area (Å²) in [6.07, 6.45) is 3.88. The molecule has 36 heavy (non-hydrogen) atoms. The average molecular weight is 489 g/mol. The molecule has 192 valence electrons. The lowest BCUT2D eigenvalue weighted by atomic mass is 9.88. The maximum Gasteiger partial charge on any atom is 0.118 e. The van der Waals surface area contributed by atoms with Crippen LogP contribution >= 0.6 is 0 Å². The predicted octanol–water partition coefficient (Wildman–Crippen LogP) is 4.73. The summed E-state index contributed by atoms with van der Waals surface area (Å²) in [7, 11) is 1.71. The number of nitrogens with one attached hydrogen (secondary N) is 1. The Morgan fingerprint density at radius 1 is 0.972 bits per heavy atom. The number of piperazine rings is 1. The molecule has 0 bridgehead atoms. The number of hydrogen-bond donors (Lipinski definition) is 2. The van der Waals surface area contributed by atoms with Gasteiger partial charge in [0.25, 0.3) is 0 Å². The first-order valence-corrected chi connectivity index (χ1v) is 13.5. The van der Waals surface area contributed by atoms with Gasteiger partial charge in [-0.05, 0) is 55.5 Å². The molecule has 2 aliphatic rings. The lowest BCUT2D eigenvalue weighted by molar-refractivity contribution is 0.0697. The molecule has 0 spiro atoms. The van der Waals surface area contributed by atoms with Gasteiger partial charge in [0, 0.05) is 50.3 Å². The topological polar surface area (TPSA) is 64.6 Å². The van der Waals surface area contributed by atoms with E-state index in [0.717, 1.165) is 68.5 Å². The molecule has 2 heterocycles. The summed E-state index contributed by atoms with van der Waals surface area (Å²) in [5, 5.41) is 11.0. The molecule has 1 saturated heterocycles. The van der Waals surface area contributed by atoms with E-state index in [4.69, 9.17) is 9.72 Å². The van der Waals surface area contributed by atoms with E-state index in [1.807, 2.05) is 0 Å². The molecule has 5 rings (SSSR count). The van der Waals surface area contributed by atoms with Crippen LogP contribution in [0.4, 0.5) is 0 Å². The second kappa shape index (κ2) is 11.6.